The van der Waals surface area contributed by atoms with E-state index in [1.54, 1.807) is 12.1 Å². The smallest absolute Gasteiger partial charge is 0.238 e. The van der Waals surface area contributed by atoms with E-state index in [1.165, 1.54) is 0 Å². The topological polar surface area (TPSA) is 61.7 Å². The van der Waals surface area contributed by atoms with E-state index in [4.69, 9.17) is 10.00 Å². The minimum absolute atomic E-state index is 0.475. The highest BCUT2D eigenvalue weighted by Gasteiger charge is 2.09. The van der Waals surface area contributed by atoms with Gasteiger partial charge in [-0.3, -0.25) is 5.10 Å². The van der Waals surface area contributed by atoms with E-state index in [1.807, 2.05) is 26.0 Å². The summed E-state index contributed by atoms with van der Waals surface area (Å²) >= 11 is 0. The number of rotatable bonds is 2. The zero-order valence-electron chi connectivity index (χ0n) is 9.11. The SMILES string of the molecule is Cc1cc(Oc2c(C)cccc2C#N)n[nH]1. The van der Waals surface area contributed by atoms with Gasteiger partial charge in [-0.1, -0.05) is 12.1 Å². The molecule has 2 aromatic rings. The fourth-order valence-electron chi connectivity index (χ4n) is 1.43. The van der Waals surface area contributed by atoms with Crippen LogP contribution in [0.25, 0.3) is 0 Å². The van der Waals surface area contributed by atoms with Crippen molar-refractivity contribution >= 4 is 0 Å². The normalized spacial score (nSPS) is 9.81. The monoisotopic (exact) mass is 213 g/mol. The minimum atomic E-state index is 0.475. The maximum atomic E-state index is 8.97. The molecular weight excluding hydrogens is 202 g/mol. The maximum Gasteiger partial charge on any atom is 0.238 e. The van der Waals surface area contributed by atoms with E-state index >= 15 is 0 Å². The van der Waals surface area contributed by atoms with E-state index in [0.717, 1.165) is 11.3 Å². The van der Waals surface area contributed by atoms with Crippen molar-refractivity contribution in [3.05, 3.63) is 41.1 Å². The van der Waals surface area contributed by atoms with Crippen molar-refractivity contribution in [1.29, 1.82) is 5.26 Å². The Kier molecular flexibility index (Phi) is 2.61. The third-order valence-corrected chi connectivity index (χ3v) is 2.22. The van der Waals surface area contributed by atoms with Crippen LogP contribution in [0.4, 0.5) is 0 Å². The number of benzene rings is 1. The molecule has 0 radical (unpaired) electrons. The number of ether oxygens (including phenoxy) is 1. The van der Waals surface area contributed by atoms with Crippen molar-refractivity contribution in [2.75, 3.05) is 0 Å². The first-order valence-corrected chi connectivity index (χ1v) is 4.90. The highest BCUT2D eigenvalue weighted by molar-refractivity contribution is 5.49. The number of H-pyrrole nitrogens is 1. The molecule has 0 aliphatic carbocycles. The molecule has 1 aromatic carbocycles. The summed E-state index contributed by atoms with van der Waals surface area (Å²) in [5, 5.41) is 15.7. The van der Waals surface area contributed by atoms with Crippen LogP contribution in [0.15, 0.2) is 24.3 Å². The molecule has 0 atom stereocenters. The molecule has 4 nitrogen and oxygen atoms in total. The summed E-state index contributed by atoms with van der Waals surface area (Å²) in [5.41, 5.74) is 2.35. The number of aromatic nitrogens is 2. The van der Waals surface area contributed by atoms with Crippen LogP contribution in [0, 0.1) is 25.2 Å². The average Bonchev–Trinajstić information content (AvgIpc) is 2.67. The Morgan fingerprint density at radius 1 is 1.38 bits per heavy atom. The van der Waals surface area contributed by atoms with E-state index in [2.05, 4.69) is 16.3 Å². The van der Waals surface area contributed by atoms with Gasteiger partial charge in [-0.25, -0.2) is 0 Å². The van der Waals surface area contributed by atoms with Gasteiger partial charge in [0.1, 0.15) is 11.8 Å². The molecule has 0 fully saturated rings. The van der Waals surface area contributed by atoms with E-state index in [9.17, 15) is 0 Å². The second kappa shape index (κ2) is 4.07. The molecule has 16 heavy (non-hydrogen) atoms. The Balaban J connectivity index is 2.38. The van der Waals surface area contributed by atoms with Crippen LogP contribution in [0.5, 0.6) is 11.6 Å². The molecule has 0 saturated carbocycles. The lowest BCUT2D eigenvalue weighted by molar-refractivity contribution is 0.456. The van der Waals surface area contributed by atoms with Gasteiger partial charge in [0.05, 0.1) is 5.56 Å². The summed E-state index contributed by atoms with van der Waals surface area (Å²) in [6.45, 7) is 3.79. The van der Waals surface area contributed by atoms with Crippen molar-refractivity contribution in [2.24, 2.45) is 0 Å². The van der Waals surface area contributed by atoms with Crippen LogP contribution in [0.1, 0.15) is 16.8 Å². The maximum absolute atomic E-state index is 8.97. The summed E-state index contributed by atoms with van der Waals surface area (Å²) < 4.78 is 5.59. The fourth-order valence-corrected chi connectivity index (χ4v) is 1.43. The summed E-state index contributed by atoms with van der Waals surface area (Å²) in [6.07, 6.45) is 0. The molecule has 1 heterocycles. The van der Waals surface area contributed by atoms with Gasteiger partial charge >= 0.3 is 0 Å². The van der Waals surface area contributed by atoms with Crippen LogP contribution in [-0.4, -0.2) is 10.2 Å². The van der Waals surface area contributed by atoms with Crippen molar-refractivity contribution in [2.45, 2.75) is 13.8 Å². The Labute approximate surface area is 93.5 Å². The van der Waals surface area contributed by atoms with Crippen molar-refractivity contribution in [3.8, 4) is 17.7 Å². The standard InChI is InChI=1S/C12H11N3O/c1-8-4-3-5-10(7-13)12(8)16-11-6-9(2)14-15-11/h3-6H,1-2H3,(H,14,15). The van der Waals surface area contributed by atoms with Crippen LogP contribution in [-0.2, 0) is 0 Å². The molecule has 2 rings (SSSR count). The fraction of sp³-hybridized carbons (Fsp3) is 0.167. The Morgan fingerprint density at radius 3 is 2.81 bits per heavy atom. The molecule has 0 bridgehead atoms. The van der Waals surface area contributed by atoms with Crippen molar-refractivity contribution in [3.63, 3.8) is 0 Å². The van der Waals surface area contributed by atoms with Crippen molar-refractivity contribution < 1.29 is 4.74 Å². The lowest BCUT2D eigenvalue weighted by atomic mass is 10.1. The zero-order valence-corrected chi connectivity index (χ0v) is 9.11. The first kappa shape index (κ1) is 10.2. The van der Waals surface area contributed by atoms with Gasteiger partial charge in [0, 0.05) is 11.8 Å². The second-order valence-electron chi connectivity index (χ2n) is 3.55. The number of nitrogens with one attached hydrogen (secondary N) is 1. The number of hydrogen-bond acceptors (Lipinski definition) is 3. The summed E-state index contributed by atoms with van der Waals surface area (Å²) in [6, 6.07) is 9.34. The molecule has 0 unspecified atom stereocenters. The van der Waals surface area contributed by atoms with E-state index in [-0.39, 0.29) is 0 Å². The lowest BCUT2D eigenvalue weighted by Crippen LogP contribution is -1.91. The molecule has 0 aliphatic heterocycles. The van der Waals surface area contributed by atoms with Crippen LogP contribution in [0.2, 0.25) is 0 Å². The number of para-hydroxylation sites is 1. The summed E-state index contributed by atoms with van der Waals surface area (Å²) in [5.74, 6) is 1.04. The van der Waals surface area contributed by atoms with Gasteiger partial charge in [-0.05, 0) is 25.5 Å². The van der Waals surface area contributed by atoms with Gasteiger partial charge in [0.25, 0.3) is 0 Å². The van der Waals surface area contributed by atoms with Crippen LogP contribution in [0.3, 0.4) is 0 Å². The zero-order chi connectivity index (χ0) is 11.5. The third-order valence-electron chi connectivity index (χ3n) is 2.22. The predicted octanol–water partition coefficient (Wildman–Crippen LogP) is 2.69. The van der Waals surface area contributed by atoms with Crippen molar-refractivity contribution in [1.82, 2.24) is 10.2 Å². The number of aryl methyl sites for hydroxylation is 2. The number of nitrogens with zero attached hydrogens (tertiary/aromatic N) is 2. The lowest BCUT2D eigenvalue weighted by Gasteiger charge is -2.06. The predicted molar refractivity (Wildman–Crippen MR) is 59.3 cm³/mol. The van der Waals surface area contributed by atoms with Gasteiger partial charge < -0.3 is 4.74 Å². The summed E-state index contributed by atoms with van der Waals surface area (Å²) in [4.78, 5) is 0. The molecule has 4 heteroatoms. The third kappa shape index (κ3) is 1.89. The number of aromatic amines is 1. The van der Waals surface area contributed by atoms with Gasteiger partial charge in [-0.15, -0.1) is 5.10 Å². The van der Waals surface area contributed by atoms with Gasteiger partial charge in [-0.2, -0.15) is 5.26 Å². The molecule has 0 saturated heterocycles. The van der Waals surface area contributed by atoms with Crippen LogP contribution >= 0.6 is 0 Å². The number of hydrogen-bond donors (Lipinski definition) is 1. The quantitative estimate of drug-likeness (QED) is 0.834. The molecule has 0 spiro atoms. The highest BCUT2D eigenvalue weighted by Crippen LogP contribution is 2.27. The second-order valence-corrected chi connectivity index (χ2v) is 3.55. The highest BCUT2D eigenvalue weighted by atomic mass is 16.5. The first-order chi connectivity index (χ1) is 7.70. The molecule has 0 amide bonds. The molecular formula is C12H11N3O. The number of nitriles is 1. The minimum Gasteiger partial charge on any atom is -0.436 e. The van der Waals surface area contributed by atoms with E-state index < -0.39 is 0 Å². The Hall–Kier alpha value is -2.28. The first-order valence-electron chi connectivity index (χ1n) is 4.90. The van der Waals surface area contributed by atoms with Crippen LogP contribution < -0.4 is 4.74 Å². The molecule has 1 N–H and O–H groups in total. The Morgan fingerprint density at radius 2 is 2.19 bits per heavy atom. The van der Waals surface area contributed by atoms with Gasteiger partial charge in [0.15, 0.2) is 0 Å². The largest absolute Gasteiger partial charge is 0.436 e. The molecule has 1 aromatic heterocycles. The average molecular weight is 213 g/mol. The van der Waals surface area contributed by atoms with E-state index in [0.29, 0.717) is 17.2 Å². The molecule has 0 aliphatic rings. The summed E-state index contributed by atoms with van der Waals surface area (Å²) in [7, 11) is 0. The van der Waals surface area contributed by atoms with Gasteiger partial charge in [0.2, 0.25) is 5.88 Å². The molecule has 80 valence electrons. The Bertz CT molecular complexity index is 552.